The Hall–Kier alpha value is -0.0800. The highest BCUT2D eigenvalue weighted by atomic mass is 15.2. The first-order chi connectivity index (χ1) is 6.63. The van der Waals surface area contributed by atoms with E-state index in [1.165, 1.54) is 32.4 Å². The van der Waals surface area contributed by atoms with E-state index in [4.69, 9.17) is 5.73 Å². The van der Waals surface area contributed by atoms with Crippen molar-refractivity contribution in [3.63, 3.8) is 0 Å². The van der Waals surface area contributed by atoms with E-state index < -0.39 is 0 Å². The maximum absolute atomic E-state index is 6.07. The lowest BCUT2D eigenvalue weighted by Gasteiger charge is -2.23. The largest absolute Gasteiger partial charge is 0.326 e. The lowest BCUT2D eigenvalue weighted by Crippen LogP contribution is -2.39. The first kappa shape index (κ1) is 12.0. The average molecular weight is 198 g/mol. The quantitative estimate of drug-likeness (QED) is 0.733. The third-order valence-electron chi connectivity index (χ3n) is 3.39. The molecule has 0 amide bonds. The van der Waals surface area contributed by atoms with Gasteiger partial charge in [0.05, 0.1) is 0 Å². The van der Waals surface area contributed by atoms with Crippen molar-refractivity contribution in [3.8, 4) is 0 Å². The maximum atomic E-state index is 6.07. The molecule has 1 saturated heterocycles. The Morgan fingerprint density at radius 2 is 2.14 bits per heavy atom. The first-order valence-electron chi connectivity index (χ1n) is 6.11. The molecule has 2 nitrogen and oxygen atoms in total. The number of hydrogen-bond donors (Lipinski definition) is 1. The van der Waals surface area contributed by atoms with Gasteiger partial charge < -0.3 is 10.6 Å². The fourth-order valence-corrected chi connectivity index (χ4v) is 2.23. The molecule has 84 valence electrons. The Morgan fingerprint density at radius 3 is 2.71 bits per heavy atom. The van der Waals surface area contributed by atoms with Gasteiger partial charge in [-0.05, 0) is 31.2 Å². The summed E-state index contributed by atoms with van der Waals surface area (Å²) < 4.78 is 0. The summed E-state index contributed by atoms with van der Waals surface area (Å²) >= 11 is 0. The lowest BCUT2D eigenvalue weighted by molar-refractivity contribution is 0.274. The van der Waals surface area contributed by atoms with E-state index in [1.54, 1.807) is 0 Å². The van der Waals surface area contributed by atoms with Gasteiger partial charge in [-0.1, -0.05) is 27.2 Å². The molecule has 0 radical (unpaired) electrons. The van der Waals surface area contributed by atoms with Crippen molar-refractivity contribution in [1.29, 1.82) is 0 Å². The number of nitrogens with zero attached hydrogens (tertiary/aromatic N) is 1. The van der Waals surface area contributed by atoms with Crippen molar-refractivity contribution in [2.24, 2.45) is 17.6 Å². The fourth-order valence-electron chi connectivity index (χ4n) is 2.23. The standard InChI is InChI=1S/C12H26N2/c1-4-5-11-6-7-14(8-11)9-12(13)10(2)3/h10-12H,4-9,13H2,1-3H3. The SMILES string of the molecule is CCCC1CCN(CC(N)C(C)C)C1. The second kappa shape index (κ2) is 5.72. The van der Waals surface area contributed by atoms with Gasteiger partial charge in [-0.2, -0.15) is 0 Å². The van der Waals surface area contributed by atoms with Crippen LogP contribution in [0.3, 0.4) is 0 Å². The van der Waals surface area contributed by atoms with Crippen molar-refractivity contribution in [1.82, 2.24) is 4.90 Å². The summed E-state index contributed by atoms with van der Waals surface area (Å²) in [4.78, 5) is 2.55. The van der Waals surface area contributed by atoms with Crippen molar-refractivity contribution in [3.05, 3.63) is 0 Å². The van der Waals surface area contributed by atoms with Gasteiger partial charge in [-0.25, -0.2) is 0 Å². The Kier molecular flexibility index (Phi) is 4.90. The van der Waals surface area contributed by atoms with Crippen LogP contribution in [0, 0.1) is 11.8 Å². The molecule has 2 N–H and O–H groups in total. The van der Waals surface area contributed by atoms with E-state index in [-0.39, 0.29) is 0 Å². The first-order valence-corrected chi connectivity index (χ1v) is 6.11. The minimum absolute atomic E-state index is 0.357. The van der Waals surface area contributed by atoms with Crippen LogP contribution in [0.2, 0.25) is 0 Å². The molecule has 1 aliphatic rings. The monoisotopic (exact) mass is 198 g/mol. The van der Waals surface area contributed by atoms with Crippen LogP contribution < -0.4 is 5.73 Å². The van der Waals surface area contributed by atoms with E-state index in [0.717, 1.165) is 12.5 Å². The molecule has 14 heavy (non-hydrogen) atoms. The molecule has 0 aromatic rings. The highest BCUT2D eigenvalue weighted by molar-refractivity contribution is 4.79. The summed E-state index contributed by atoms with van der Waals surface area (Å²) in [7, 11) is 0. The zero-order valence-corrected chi connectivity index (χ0v) is 10.00. The molecule has 0 aliphatic carbocycles. The predicted molar refractivity (Wildman–Crippen MR) is 62.3 cm³/mol. The van der Waals surface area contributed by atoms with Gasteiger partial charge in [0.1, 0.15) is 0 Å². The second-order valence-electron chi connectivity index (χ2n) is 5.11. The highest BCUT2D eigenvalue weighted by Gasteiger charge is 2.23. The molecule has 0 bridgehead atoms. The van der Waals surface area contributed by atoms with Crippen LogP contribution >= 0.6 is 0 Å². The number of nitrogens with two attached hydrogens (primary N) is 1. The van der Waals surface area contributed by atoms with Crippen molar-refractivity contribution in [2.75, 3.05) is 19.6 Å². The van der Waals surface area contributed by atoms with Gasteiger partial charge in [0.15, 0.2) is 0 Å². The molecular weight excluding hydrogens is 172 g/mol. The van der Waals surface area contributed by atoms with E-state index in [0.29, 0.717) is 12.0 Å². The zero-order valence-electron chi connectivity index (χ0n) is 10.00. The third kappa shape index (κ3) is 3.58. The van der Waals surface area contributed by atoms with Crippen LogP contribution in [-0.4, -0.2) is 30.6 Å². The Morgan fingerprint density at radius 1 is 1.43 bits per heavy atom. The Balaban J connectivity index is 2.21. The van der Waals surface area contributed by atoms with Gasteiger partial charge >= 0.3 is 0 Å². The molecule has 2 heteroatoms. The second-order valence-corrected chi connectivity index (χ2v) is 5.11. The molecule has 2 unspecified atom stereocenters. The third-order valence-corrected chi connectivity index (χ3v) is 3.39. The summed E-state index contributed by atoms with van der Waals surface area (Å²) in [6, 6.07) is 0.357. The Labute approximate surface area is 88.8 Å². The van der Waals surface area contributed by atoms with Crippen LogP contribution in [0.5, 0.6) is 0 Å². The maximum Gasteiger partial charge on any atom is 0.0191 e. The molecule has 2 atom stereocenters. The van der Waals surface area contributed by atoms with E-state index in [9.17, 15) is 0 Å². The van der Waals surface area contributed by atoms with Gasteiger partial charge in [-0.3, -0.25) is 0 Å². The van der Waals surface area contributed by atoms with Crippen LogP contribution in [0.4, 0.5) is 0 Å². The van der Waals surface area contributed by atoms with Gasteiger partial charge in [0.25, 0.3) is 0 Å². The molecule has 0 saturated carbocycles. The smallest absolute Gasteiger partial charge is 0.0191 e. The molecule has 1 aliphatic heterocycles. The van der Waals surface area contributed by atoms with Crippen molar-refractivity contribution >= 4 is 0 Å². The summed E-state index contributed by atoms with van der Waals surface area (Å²) in [6.07, 6.45) is 4.11. The fraction of sp³-hybridized carbons (Fsp3) is 1.00. The van der Waals surface area contributed by atoms with Gasteiger partial charge in [0.2, 0.25) is 0 Å². The molecule has 1 rings (SSSR count). The molecule has 1 fully saturated rings. The minimum atomic E-state index is 0.357. The summed E-state index contributed by atoms with van der Waals surface area (Å²) in [5, 5.41) is 0. The molecule has 0 spiro atoms. The van der Waals surface area contributed by atoms with E-state index in [2.05, 4.69) is 25.7 Å². The summed E-state index contributed by atoms with van der Waals surface area (Å²) in [6.45, 7) is 10.4. The van der Waals surface area contributed by atoms with Gasteiger partial charge in [0, 0.05) is 19.1 Å². The minimum Gasteiger partial charge on any atom is -0.326 e. The van der Waals surface area contributed by atoms with Crippen LogP contribution in [-0.2, 0) is 0 Å². The van der Waals surface area contributed by atoms with Crippen LogP contribution in [0.1, 0.15) is 40.0 Å². The normalized spacial score (nSPS) is 25.9. The summed E-state index contributed by atoms with van der Waals surface area (Å²) in [5.74, 6) is 1.56. The molecule has 0 aromatic heterocycles. The van der Waals surface area contributed by atoms with Crippen molar-refractivity contribution in [2.45, 2.75) is 46.1 Å². The number of hydrogen-bond acceptors (Lipinski definition) is 2. The predicted octanol–water partition coefficient (Wildman–Crippen LogP) is 2.09. The summed E-state index contributed by atoms with van der Waals surface area (Å²) in [5.41, 5.74) is 6.07. The average Bonchev–Trinajstić information content (AvgIpc) is 2.53. The molecule has 1 heterocycles. The lowest BCUT2D eigenvalue weighted by atomic mass is 10.0. The van der Waals surface area contributed by atoms with E-state index in [1.807, 2.05) is 0 Å². The molecular formula is C12H26N2. The van der Waals surface area contributed by atoms with E-state index >= 15 is 0 Å². The molecule has 0 aromatic carbocycles. The van der Waals surface area contributed by atoms with Crippen LogP contribution in [0.15, 0.2) is 0 Å². The number of rotatable bonds is 5. The number of likely N-dealkylation sites (tertiary alicyclic amines) is 1. The zero-order chi connectivity index (χ0) is 10.6. The van der Waals surface area contributed by atoms with Gasteiger partial charge in [-0.15, -0.1) is 0 Å². The van der Waals surface area contributed by atoms with Crippen molar-refractivity contribution < 1.29 is 0 Å². The highest BCUT2D eigenvalue weighted by Crippen LogP contribution is 2.21. The Bertz CT molecular complexity index is 156. The van der Waals surface area contributed by atoms with Crippen LogP contribution in [0.25, 0.3) is 0 Å². The topological polar surface area (TPSA) is 29.3 Å².